The van der Waals surface area contributed by atoms with E-state index in [0.29, 0.717) is 5.92 Å². The fraction of sp³-hybridized carbons (Fsp3) is 0.600. The summed E-state index contributed by atoms with van der Waals surface area (Å²) < 4.78 is 5.19. The topological polar surface area (TPSA) is 55.5 Å². The van der Waals surface area contributed by atoms with E-state index in [-0.39, 0.29) is 6.04 Å². The summed E-state index contributed by atoms with van der Waals surface area (Å²) in [5.41, 5.74) is 8.33. The van der Waals surface area contributed by atoms with Gasteiger partial charge in [0.15, 0.2) is 0 Å². The maximum Gasteiger partial charge on any atom is 0.119 e. The van der Waals surface area contributed by atoms with Crippen molar-refractivity contribution < 1.29 is 9.84 Å². The standard InChI is InChI=1S/C15H23NO2/c1-10-9-12(18-2)7-8-13(10)14(16)15(17)11-5-3-4-6-11/h7-9,11,14-15,17H,3-6,16H2,1-2H3/t14-,15+/m1/s1. The Kier molecular flexibility index (Phi) is 4.25. The van der Waals surface area contributed by atoms with E-state index in [9.17, 15) is 5.11 Å². The molecule has 18 heavy (non-hydrogen) atoms. The molecule has 3 nitrogen and oxygen atoms in total. The van der Waals surface area contributed by atoms with Gasteiger partial charge in [0.2, 0.25) is 0 Å². The van der Waals surface area contributed by atoms with Gasteiger partial charge in [0.25, 0.3) is 0 Å². The van der Waals surface area contributed by atoms with Crippen molar-refractivity contribution in [2.45, 2.75) is 44.8 Å². The van der Waals surface area contributed by atoms with Crippen molar-refractivity contribution in [1.29, 1.82) is 0 Å². The lowest BCUT2D eigenvalue weighted by Gasteiger charge is -2.26. The van der Waals surface area contributed by atoms with Gasteiger partial charge in [-0.1, -0.05) is 18.9 Å². The van der Waals surface area contributed by atoms with Gasteiger partial charge in [-0.2, -0.15) is 0 Å². The van der Waals surface area contributed by atoms with E-state index in [2.05, 4.69) is 0 Å². The first-order chi connectivity index (χ1) is 8.63. The Labute approximate surface area is 109 Å². The number of nitrogens with two attached hydrogens (primary N) is 1. The molecule has 1 saturated carbocycles. The number of aliphatic hydroxyl groups excluding tert-OH is 1. The first-order valence-corrected chi connectivity index (χ1v) is 6.71. The fourth-order valence-electron chi connectivity index (χ4n) is 2.93. The second-order valence-corrected chi connectivity index (χ2v) is 5.28. The van der Waals surface area contributed by atoms with Crippen LogP contribution in [0.5, 0.6) is 5.75 Å². The van der Waals surface area contributed by atoms with Crippen molar-refractivity contribution >= 4 is 0 Å². The minimum absolute atomic E-state index is 0.293. The number of hydrogen-bond donors (Lipinski definition) is 2. The number of ether oxygens (including phenoxy) is 1. The van der Waals surface area contributed by atoms with E-state index >= 15 is 0 Å². The van der Waals surface area contributed by atoms with Crippen LogP contribution in [0.1, 0.15) is 42.9 Å². The average molecular weight is 249 g/mol. The molecule has 2 rings (SSSR count). The molecule has 0 bridgehead atoms. The Hall–Kier alpha value is -1.06. The van der Waals surface area contributed by atoms with Gasteiger partial charge in [-0.15, -0.1) is 0 Å². The molecule has 100 valence electrons. The van der Waals surface area contributed by atoms with E-state index in [1.165, 1.54) is 12.8 Å². The summed E-state index contributed by atoms with van der Waals surface area (Å²) in [4.78, 5) is 0. The van der Waals surface area contributed by atoms with Gasteiger partial charge < -0.3 is 15.6 Å². The molecular formula is C15H23NO2. The zero-order valence-electron chi connectivity index (χ0n) is 11.2. The highest BCUT2D eigenvalue weighted by Crippen LogP contribution is 2.33. The zero-order chi connectivity index (χ0) is 13.1. The predicted octanol–water partition coefficient (Wildman–Crippen LogP) is 2.55. The van der Waals surface area contributed by atoms with Gasteiger partial charge >= 0.3 is 0 Å². The molecule has 1 aromatic carbocycles. The van der Waals surface area contributed by atoms with Crippen molar-refractivity contribution in [2.75, 3.05) is 7.11 Å². The summed E-state index contributed by atoms with van der Waals surface area (Å²) >= 11 is 0. The molecular weight excluding hydrogens is 226 g/mol. The first-order valence-electron chi connectivity index (χ1n) is 6.71. The largest absolute Gasteiger partial charge is 0.497 e. The first kappa shape index (κ1) is 13.4. The van der Waals surface area contributed by atoms with Crippen molar-refractivity contribution in [2.24, 2.45) is 11.7 Å². The number of methoxy groups -OCH3 is 1. The van der Waals surface area contributed by atoms with Crippen LogP contribution < -0.4 is 10.5 Å². The normalized spacial score (nSPS) is 19.8. The number of aryl methyl sites for hydroxylation is 1. The van der Waals surface area contributed by atoms with Gasteiger partial charge in [0.1, 0.15) is 5.75 Å². The zero-order valence-corrected chi connectivity index (χ0v) is 11.2. The summed E-state index contributed by atoms with van der Waals surface area (Å²) in [6.07, 6.45) is 4.21. The highest BCUT2D eigenvalue weighted by atomic mass is 16.5. The monoisotopic (exact) mass is 249 g/mol. The Morgan fingerprint density at radius 2 is 2.00 bits per heavy atom. The van der Waals surface area contributed by atoms with E-state index < -0.39 is 6.10 Å². The van der Waals surface area contributed by atoms with Crippen LogP contribution in [0, 0.1) is 12.8 Å². The summed E-state index contributed by atoms with van der Waals surface area (Å²) in [7, 11) is 1.65. The third-order valence-electron chi connectivity index (χ3n) is 4.09. The summed E-state index contributed by atoms with van der Waals surface area (Å²) in [6.45, 7) is 2.01. The Bertz CT molecular complexity index is 399. The van der Waals surface area contributed by atoms with Crippen LogP contribution in [-0.4, -0.2) is 18.3 Å². The van der Waals surface area contributed by atoms with Crippen molar-refractivity contribution in [3.05, 3.63) is 29.3 Å². The van der Waals surface area contributed by atoms with E-state index in [1.807, 2.05) is 25.1 Å². The van der Waals surface area contributed by atoms with Crippen molar-refractivity contribution in [3.8, 4) is 5.75 Å². The summed E-state index contributed by atoms with van der Waals surface area (Å²) in [5, 5.41) is 10.4. The lowest BCUT2D eigenvalue weighted by Crippen LogP contribution is -2.32. The molecule has 1 aliphatic carbocycles. The maximum absolute atomic E-state index is 10.4. The minimum atomic E-state index is -0.431. The second kappa shape index (κ2) is 5.72. The molecule has 3 N–H and O–H groups in total. The molecule has 2 atom stereocenters. The molecule has 1 aliphatic rings. The van der Waals surface area contributed by atoms with Gasteiger partial charge in [0.05, 0.1) is 19.3 Å². The van der Waals surface area contributed by atoms with Crippen LogP contribution in [0.4, 0.5) is 0 Å². The van der Waals surface area contributed by atoms with E-state index in [4.69, 9.17) is 10.5 Å². The Morgan fingerprint density at radius 3 is 2.56 bits per heavy atom. The number of benzene rings is 1. The van der Waals surface area contributed by atoms with Gasteiger partial charge in [-0.25, -0.2) is 0 Å². The summed E-state index contributed by atoms with van der Waals surface area (Å²) in [6, 6.07) is 5.55. The van der Waals surface area contributed by atoms with Gasteiger partial charge in [0, 0.05) is 0 Å². The number of hydrogen-bond acceptors (Lipinski definition) is 3. The third-order valence-corrected chi connectivity index (χ3v) is 4.09. The lowest BCUT2D eigenvalue weighted by molar-refractivity contribution is 0.0843. The SMILES string of the molecule is COc1ccc([C@@H](N)[C@@H](O)C2CCCC2)c(C)c1. The molecule has 0 amide bonds. The van der Waals surface area contributed by atoms with Crippen LogP contribution >= 0.6 is 0 Å². The van der Waals surface area contributed by atoms with Gasteiger partial charge in [-0.05, 0) is 48.9 Å². The Balaban J connectivity index is 2.14. The molecule has 0 saturated heterocycles. The average Bonchev–Trinajstić information content (AvgIpc) is 2.90. The molecule has 1 fully saturated rings. The minimum Gasteiger partial charge on any atom is -0.497 e. The molecule has 0 aromatic heterocycles. The molecule has 0 heterocycles. The summed E-state index contributed by atoms with van der Waals surface area (Å²) in [5.74, 6) is 1.19. The molecule has 0 unspecified atom stereocenters. The van der Waals surface area contributed by atoms with Crippen LogP contribution in [0.2, 0.25) is 0 Å². The fourth-order valence-corrected chi connectivity index (χ4v) is 2.93. The van der Waals surface area contributed by atoms with E-state index in [1.54, 1.807) is 7.11 Å². The van der Waals surface area contributed by atoms with Crippen LogP contribution in [-0.2, 0) is 0 Å². The molecule has 1 aromatic rings. The van der Waals surface area contributed by atoms with Gasteiger partial charge in [-0.3, -0.25) is 0 Å². The predicted molar refractivity (Wildman–Crippen MR) is 72.6 cm³/mol. The molecule has 0 aliphatic heterocycles. The molecule has 0 spiro atoms. The number of rotatable bonds is 4. The van der Waals surface area contributed by atoms with E-state index in [0.717, 1.165) is 29.7 Å². The smallest absolute Gasteiger partial charge is 0.119 e. The van der Waals surface area contributed by atoms with Crippen LogP contribution in [0.3, 0.4) is 0 Å². The number of aliphatic hydroxyl groups is 1. The van der Waals surface area contributed by atoms with Crippen molar-refractivity contribution in [3.63, 3.8) is 0 Å². The highest BCUT2D eigenvalue weighted by Gasteiger charge is 2.29. The lowest BCUT2D eigenvalue weighted by atomic mass is 9.89. The quantitative estimate of drug-likeness (QED) is 0.862. The molecule has 0 radical (unpaired) electrons. The second-order valence-electron chi connectivity index (χ2n) is 5.28. The van der Waals surface area contributed by atoms with Crippen molar-refractivity contribution in [1.82, 2.24) is 0 Å². The maximum atomic E-state index is 10.4. The molecule has 3 heteroatoms. The third kappa shape index (κ3) is 2.68. The van der Waals surface area contributed by atoms with Crippen LogP contribution in [0.25, 0.3) is 0 Å². The Morgan fingerprint density at radius 1 is 1.33 bits per heavy atom. The highest BCUT2D eigenvalue weighted by molar-refractivity contribution is 5.37. The van der Waals surface area contributed by atoms with Crippen LogP contribution in [0.15, 0.2) is 18.2 Å².